The zero-order chi connectivity index (χ0) is 28.6. The molecule has 0 fully saturated rings. The van der Waals surface area contributed by atoms with E-state index < -0.39 is 0 Å². The van der Waals surface area contributed by atoms with Gasteiger partial charge in [-0.2, -0.15) is 0 Å². The van der Waals surface area contributed by atoms with E-state index in [1.165, 1.54) is 0 Å². The summed E-state index contributed by atoms with van der Waals surface area (Å²) in [6.07, 6.45) is 8.44. The third kappa shape index (κ3) is 4.90. The summed E-state index contributed by atoms with van der Waals surface area (Å²) in [4.78, 5) is 20.0. The maximum atomic E-state index is 5.27. The Bertz CT molecular complexity index is 2150. The molecule has 43 heavy (non-hydrogen) atoms. The van der Waals surface area contributed by atoms with Crippen LogP contribution in [0.3, 0.4) is 0 Å². The smallest absolute Gasteiger partial charge is 0.0798 e. The van der Waals surface area contributed by atoms with Crippen LogP contribution in [0.25, 0.3) is 68.6 Å². The van der Waals surface area contributed by atoms with Crippen molar-refractivity contribution in [1.29, 1.82) is 0 Å². The van der Waals surface area contributed by atoms with Crippen LogP contribution in [0.1, 0.15) is 22.8 Å². The van der Waals surface area contributed by atoms with Crippen molar-refractivity contribution in [2.45, 2.75) is 9.79 Å². The number of nitrogens with zero attached hydrogens (tertiary/aromatic N) is 2. The quantitative estimate of drug-likeness (QED) is 0.221. The van der Waals surface area contributed by atoms with Gasteiger partial charge in [0.25, 0.3) is 0 Å². The van der Waals surface area contributed by atoms with Crippen molar-refractivity contribution in [2.75, 3.05) is 0 Å². The van der Waals surface area contributed by atoms with Crippen molar-refractivity contribution in [3.05, 3.63) is 144 Å². The lowest BCUT2D eigenvalue weighted by Crippen LogP contribution is -1.87. The Kier molecular flexibility index (Phi) is 6.35. The van der Waals surface area contributed by atoms with Gasteiger partial charge < -0.3 is 9.97 Å². The first-order valence-electron chi connectivity index (χ1n) is 14.3. The highest BCUT2D eigenvalue weighted by molar-refractivity contribution is 7.99. The third-order valence-electron chi connectivity index (χ3n) is 7.62. The van der Waals surface area contributed by atoms with Gasteiger partial charge in [-0.05, 0) is 77.9 Å². The lowest BCUT2D eigenvalue weighted by atomic mass is 10.0. The minimum atomic E-state index is 0.901. The molecule has 0 spiro atoms. The first-order valence-corrected chi connectivity index (χ1v) is 15.1. The van der Waals surface area contributed by atoms with Gasteiger partial charge in [0.1, 0.15) is 0 Å². The number of aromatic nitrogens is 4. The average Bonchev–Trinajstić information content (AvgIpc) is 3.88. The fraction of sp³-hybridized carbons (Fsp3) is 0. The van der Waals surface area contributed by atoms with Crippen LogP contribution >= 0.6 is 11.8 Å². The zero-order valence-corrected chi connectivity index (χ0v) is 24.0. The highest BCUT2D eigenvalue weighted by Crippen LogP contribution is 2.38. The molecule has 8 bridgehead atoms. The lowest BCUT2D eigenvalue weighted by molar-refractivity contribution is 1.24. The monoisotopic (exact) mass is 570 g/mol. The fourth-order valence-corrected chi connectivity index (χ4v) is 6.62. The topological polar surface area (TPSA) is 57.4 Å². The van der Waals surface area contributed by atoms with Crippen molar-refractivity contribution < 1.29 is 0 Å². The van der Waals surface area contributed by atoms with Crippen LogP contribution < -0.4 is 0 Å². The predicted molar refractivity (Wildman–Crippen MR) is 180 cm³/mol. The molecule has 4 nitrogen and oxygen atoms in total. The molecule has 0 unspecified atom stereocenters. The lowest BCUT2D eigenvalue weighted by Gasteiger charge is -2.05. The van der Waals surface area contributed by atoms with Crippen molar-refractivity contribution in [1.82, 2.24) is 19.9 Å². The Hall–Kier alpha value is -5.39. The molecule has 3 aromatic carbocycles. The second-order valence-electron chi connectivity index (χ2n) is 10.5. The van der Waals surface area contributed by atoms with Crippen LogP contribution in [-0.2, 0) is 0 Å². The van der Waals surface area contributed by atoms with Crippen LogP contribution in [0, 0.1) is 0 Å². The highest BCUT2D eigenvalue weighted by atomic mass is 32.2. The summed E-state index contributed by atoms with van der Waals surface area (Å²) in [6.45, 7) is 0. The van der Waals surface area contributed by atoms with Crippen molar-refractivity contribution in [2.24, 2.45) is 0 Å². The zero-order valence-electron chi connectivity index (χ0n) is 23.2. The Morgan fingerprint density at radius 2 is 1.02 bits per heavy atom. The van der Waals surface area contributed by atoms with E-state index in [-0.39, 0.29) is 0 Å². The van der Waals surface area contributed by atoms with E-state index in [1.807, 2.05) is 18.2 Å². The first kappa shape index (κ1) is 25.3. The molecule has 0 amide bonds. The van der Waals surface area contributed by atoms with Gasteiger partial charge >= 0.3 is 0 Å². The van der Waals surface area contributed by atoms with Crippen LogP contribution in [0.5, 0.6) is 0 Å². The molecule has 204 valence electrons. The second kappa shape index (κ2) is 10.8. The summed E-state index contributed by atoms with van der Waals surface area (Å²) >= 11 is 1.72. The van der Waals surface area contributed by atoms with Crippen LogP contribution in [-0.4, -0.2) is 19.9 Å². The molecule has 0 radical (unpaired) electrons. The van der Waals surface area contributed by atoms with Crippen molar-refractivity contribution in [3.8, 4) is 22.3 Å². The normalized spacial score (nSPS) is 12.1. The molecular formula is C38H26N4S. The number of benzene rings is 3. The number of nitrogens with one attached hydrogen (secondary N) is 2. The van der Waals surface area contributed by atoms with Crippen LogP contribution in [0.4, 0.5) is 0 Å². The number of H-pyrrole nitrogens is 2. The van der Waals surface area contributed by atoms with Crippen LogP contribution in [0.2, 0.25) is 0 Å². The van der Waals surface area contributed by atoms with E-state index in [2.05, 4.69) is 137 Å². The van der Waals surface area contributed by atoms with Gasteiger partial charge in [0.2, 0.25) is 0 Å². The number of hydrogen-bond donors (Lipinski definition) is 2. The van der Waals surface area contributed by atoms with Crippen molar-refractivity contribution in [3.63, 3.8) is 0 Å². The average molecular weight is 571 g/mol. The molecule has 0 saturated heterocycles. The molecule has 6 aromatic rings. The summed E-state index contributed by atoms with van der Waals surface area (Å²) in [5.74, 6) is 0. The van der Waals surface area contributed by atoms with Gasteiger partial charge in [-0.15, -0.1) is 0 Å². The summed E-state index contributed by atoms with van der Waals surface area (Å²) in [5, 5.41) is 0. The molecular weight excluding hydrogens is 545 g/mol. The Balaban J connectivity index is 1.50. The number of aromatic amines is 2. The van der Waals surface area contributed by atoms with Gasteiger partial charge in [0, 0.05) is 32.6 Å². The Morgan fingerprint density at radius 3 is 1.74 bits per heavy atom. The largest absolute Gasteiger partial charge is 0.355 e. The van der Waals surface area contributed by atoms with Crippen LogP contribution in [0.15, 0.2) is 131 Å². The third-order valence-corrected chi connectivity index (χ3v) is 8.76. The molecule has 2 N–H and O–H groups in total. The molecule has 8 rings (SSSR count). The maximum Gasteiger partial charge on any atom is 0.0798 e. The van der Waals surface area contributed by atoms with E-state index in [0.29, 0.717) is 0 Å². The van der Waals surface area contributed by atoms with Gasteiger partial charge in [-0.25, -0.2) is 9.97 Å². The second-order valence-corrected chi connectivity index (χ2v) is 11.5. The summed E-state index contributed by atoms with van der Waals surface area (Å²) in [6, 6.07) is 42.0. The Labute approximate surface area is 253 Å². The molecule has 0 atom stereocenters. The molecule has 2 aliphatic heterocycles. The predicted octanol–water partition coefficient (Wildman–Crippen LogP) is 10.1. The van der Waals surface area contributed by atoms with E-state index in [1.54, 1.807) is 11.8 Å². The molecule has 0 aliphatic carbocycles. The van der Waals surface area contributed by atoms with Crippen molar-refractivity contribution >= 4 is 58.1 Å². The molecule has 2 aliphatic rings. The van der Waals surface area contributed by atoms with Gasteiger partial charge in [0.05, 0.1) is 33.2 Å². The Morgan fingerprint density at radius 1 is 0.465 bits per heavy atom. The first-order chi connectivity index (χ1) is 21.3. The number of hydrogen-bond acceptors (Lipinski definition) is 3. The summed E-state index contributed by atoms with van der Waals surface area (Å²) in [7, 11) is 0. The van der Waals surface area contributed by atoms with Gasteiger partial charge in [-0.1, -0.05) is 90.6 Å². The summed E-state index contributed by atoms with van der Waals surface area (Å²) < 4.78 is 0. The van der Waals surface area contributed by atoms with E-state index in [4.69, 9.17) is 9.97 Å². The summed E-state index contributed by atoms with van der Waals surface area (Å²) in [5.41, 5.74) is 12.0. The van der Waals surface area contributed by atoms with E-state index >= 15 is 0 Å². The SMILES string of the molecule is C1=Cc2nc1cc1ccc([nH]1)c(-c1ccccc1)c1nc(c(Sc3ccccc3)c3ccc([nH]3)c2-c2ccccc2)C=C1. The molecule has 0 saturated carbocycles. The van der Waals surface area contributed by atoms with E-state index in [0.717, 1.165) is 76.9 Å². The minimum Gasteiger partial charge on any atom is -0.355 e. The van der Waals surface area contributed by atoms with Gasteiger partial charge in [-0.3, -0.25) is 0 Å². The van der Waals surface area contributed by atoms with E-state index in [9.17, 15) is 0 Å². The fourth-order valence-electron chi connectivity index (χ4n) is 5.64. The van der Waals surface area contributed by atoms with Gasteiger partial charge in [0.15, 0.2) is 0 Å². The standard InChI is InChI=1S/C38H26N4S/c1-4-10-25(11-5-1)36-30-18-16-27(39-30)24-28-17-19-31(40-28)37(26-12-6-2-7-13-26)33-21-23-35(42-33)38(34-22-20-32(36)41-34)43-29-14-8-3-9-15-29/h1-24,39,42H. The maximum absolute atomic E-state index is 5.27. The highest BCUT2D eigenvalue weighted by Gasteiger charge is 2.16. The molecule has 5 heterocycles. The number of fused-ring (bicyclic) bond motifs is 8. The minimum absolute atomic E-state index is 0.901. The molecule has 3 aromatic heterocycles. The molecule has 5 heteroatoms. The number of rotatable bonds is 4.